The molecule has 0 radical (unpaired) electrons. The lowest BCUT2D eigenvalue weighted by molar-refractivity contribution is 0.0565. The highest BCUT2D eigenvalue weighted by Crippen LogP contribution is 2.22. The van der Waals surface area contributed by atoms with E-state index in [-0.39, 0.29) is 35.6 Å². The van der Waals surface area contributed by atoms with Gasteiger partial charge in [0, 0.05) is 52.4 Å². The molecule has 12 heteroatoms. The number of amides is 4. The number of hydrogen-bond acceptors (Lipinski definition) is 8. The Morgan fingerprint density at radius 3 is 2.51 bits per heavy atom. The van der Waals surface area contributed by atoms with Crippen molar-refractivity contribution in [2.24, 2.45) is 0 Å². The number of nitrogens with one attached hydrogen (secondary N) is 3. The lowest BCUT2D eigenvalue weighted by Gasteiger charge is -2.40. The van der Waals surface area contributed by atoms with Gasteiger partial charge in [-0.05, 0) is 74.1 Å². The van der Waals surface area contributed by atoms with Gasteiger partial charge < -0.3 is 15.1 Å². The number of hydrogen-bond donors (Lipinski definition) is 3. The summed E-state index contributed by atoms with van der Waals surface area (Å²) in [4.78, 5) is 51.4. The number of hydrazine groups is 1. The first-order chi connectivity index (χ1) is 18.6. The molecule has 3 rings (SSSR count). The number of hydroxylamine groups is 1. The number of thiophene rings is 1. The van der Waals surface area contributed by atoms with E-state index >= 15 is 0 Å². The number of nitrogens with zero attached hydrogens (tertiary/aromatic N) is 4. The Balaban J connectivity index is 1.50. The highest BCUT2D eigenvalue weighted by molar-refractivity contribution is 7.07. The highest BCUT2D eigenvalue weighted by Gasteiger charge is 2.30. The summed E-state index contributed by atoms with van der Waals surface area (Å²) in [6.07, 6.45) is 2.54. The minimum Gasteiger partial charge on any atom is -0.352 e. The smallest absolute Gasteiger partial charge is 0.341 e. The predicted molar refractivity (Wildman–Crippen MR) is 151 cm³/mol. The minimum atomic E-state index is -0.315. The third-order valence-corrected chi connectivity index (χ3v) is 7.71. The summed E-state index contributed by atoms with van der Waals surface area (Å²) in [6.45, 7) is 8.57. The summed E-state index contributed by atoms with van der Waals surface area (Å²) < 4.78 is 0. The molecule has 4 amide bonds. The third kappa shape index (κ3) is 8.46. The van der Waals surface area contributed by atoms with Gasteiger partial charge in [-0.25, -0.2) is 20.3 Å². The molecule has 3 heterocycles. The van der Waals surface area contributed by atoms with Gasteiger partial charge in [0.25, 0.3) is 11.8 Å². The van der Waals surface area contributed by atoms with Crippen molar-refractivity contribution in [2.75, 3.05) is 40.8 Å². The molecule has 1 fully saturated rings. The molecule has 39 heavy (non-hydrogen) atoms. The van der Waals surface area contributed by atoms with Crippen LogP contribution in [0.3, 0.4) is 0 Å². The standard InChI is InChI=1S/C27H41N7O4S/c1-18-15-23(25(35)30-32(4)5)29-20(3)24(18)26(36)28-11-7-19(2)33-12-8-22(9-13-33)34(27(37)31-38-6)16-21-10-14-39-17-21/h10,14-15,17,19,22H,7-9,11-13,16H2,1-6H3,(H,28,36)(H,30,35)(H,31,37). The number of rotatable bonds is 11. The minimum absolute atomic E-state index is 0.129. The number of pyridine rings is 1. The molecule has 1 atom stereocenters. The zero-order chi connectivity index (χ0) is 28.5. The van der Waals surface area contributed by atoms with Crippen LogP contribution in [0.15, 0.2) is 22.9 Å². The topological polar surface area (TPSA) is 119 Å². The van der Waals surface area contributed by atoms with Gasteiger partial charge in [0.1, 0.15) is 5.69 Å². The van der Waals surface area contributed by atoms with Gasteiger partial charge >= 0.3 is 6.03 Å². The first-order valence-electron chi connectivity index (χ1n) is 13.2. The maximum absolute atomic E-state index is 12.9. The molecule has 0 aromatic carbocycles. The number of carbonyl (C=O) groups excluding carboxylic acids is 3. The second kappa shape index (κ2) is 14.4. The summed E-state index contributed by atoms with van der Waals surface area (Å²) in [5, 5.41) is 8.66. The largest absolute Gasteiger partial charge is 0.352 e. The monoisotopic (exact) mass is 559 g/mol. The number of likely N-dealkylation sites (tertiary alicyclic amines) is 1. The Morgan fingerprint density at radius 1 is 1.21 bits per heavy atom. The number of urea groups is 1. The molecule has 1 aliphatic heterocycles. The van der Waals surface area contributed by atoms with Crippen molar-refractivity contribution in [3.05, 3.63) is 51.0 Å². The first kappa shape index (κ1) is 30.5. The van der Waals surface area contributed by atoms with Crippen LogP contribution < -0.4 is 16.2 Å². The quantitative estimate of drug-likeness (QED) is 0.362. The Bertz CT molecular complexity index is 1090. The summed E-state index contributed by atoms with van der Waals surface area (Å²) in [6, 6.07) is 3.87. The lowest BCUT2D eigenvalue weighted by atomic mass is 10.0. The fourth-order valence-electron chi connectivity index (χ4n) is 4.95. The van der Waals surface area contributed by atoms with Crippen molar-refractivity contribution < 1.29 is 19.2 Å². The van der Waals surface area contributed by atoms with Gasteiger partial charge in [-0.3, -0.25) is 19.9 Å². The van der Waals surface area contributed by atoms with E-state index < -0.39 is 0 Å². The van der Waals surface area contributed by atoms with E-state index in [2.05, 4.69) is 38.4 Å². The van der Waals surface area contributed by atoms with Crippen molar-refractivity contribution in [1.29, 1.82) is 0 Å². The molecule has 1 unspecified atom stereocenters. The molecule has 1 saturated heterocycles. The maximum Gasteiger partial charge on any atom is 0.341 e. The molecule has 1 aliphatic rings. The van der Waals surface area contributed by atoms with Crippen molar-refractivity contribution in [3.8, 4) is 0 Å². The van der Waals surface area contributed by atoms with Gasteiger partial charge in [0.05, 0.1) is 18.4 Å². The molecule has 0 spiro atoms. The SMILES string of the molecule is CONC(=O)N(Cc1ccsc1)C1CCN(C(C)CCNC(=O)c2c(C)cc(C(=O)NN(C)C)nc2C)CC1. The van der Waals surface area contributed by atoms with E-state index in [9.17, 15) is 14.4 Å². The first-order valence-corrected chi connectivity index (χ1v) is 14.1. The molecular formula is C27H41N7O4S. The summed E-state index contributed by atoms with van der Waals surface area (Å²) in [7, 11) is 4.90. The van der Waals surface area contributed by atoms with E-state index in [0.717, 1.165) is 37.9 Å². The van der Waals surface area contributed by atoms with Crippen molar-refractivity contribution in [3.63, 3.8) is 0 Å². The van der Waals surface area contributed by atoms with Crippen LogP contribution in [-0.2, 0) is 11.4 Å². The molecule has 11 nitrogen and oxygen atoms in total. The summed E-state index contributed by atoms with van der Waals surface area (Å²) in [5.74, 6) is -0.499. The molecule has 2 aromatic rings. The fourth-order valence-corrected chi connectivity index (χ4v) is 5.61. The zero-order valence-electron chi connectivity index (χ0n) is 23.7. The van der Waals surface area contributed by atoms with Crippen LogP contribution in [0.4, 0.5) is 4.79 Å². The Kier molecular flexibility index (Phi) is 11.2. The van der Waals surface area contributed by atoms with E-state index in [1.54, 1.807) is 43.4 Å². The average Bonchev–Trinajstić information content (AvgIpc) is 3.40. The summed E-state index contributed by atoms with van der Waals surface area (Å²) >= 11 is 1.62. The van der Waals surface area contributed by atoms with E-state index in [0.29, 0.717) is 29.9 Å². The number of piperidine rings is 1. The third-order valence-electron chi connectivity index (χ3n) is 6.98. The number of aryl methyl sites for hydroxylation is 2. The van der Waals surface area contributed by atoms with Crippen LogP contribution in [-0.4, -0.2) is 90.6 Å². The van der Waals surface area contributed by atoms with Crippen molar-refractivity contribution in [1.82, 2.24) is 36.0 Å². The number of aromatic nitrogens is 1. The molecule has 0 saturated carbocycles. The molecule has 3 N–H and O–H groups in total. The van der Waals surface area contributed by atoms with Crippen LogP contribution in [0.2, 0.25) is 0 Å². The van der Waals surface area contributed by atoms with Crippen LogP contribution in [0, 0.1) is 13.8 Å². The average molecular weight is 560 g/mol. The molecule has 2 aromatic heterocycles. The van der Waals surface area contributed by atoms with Crippen LogP contribution in [0.1, 0.15) is 63.9 Å². The summed E-state index contributed by atoms with van der Waals surface area (Å²) in [5.41, 5.74) is 8.28. The van der Waals surface area contributed by atoms with Gasteiger partial charge in [-0.2, -0.15) is 11.3 Å². The fraction of sp³-hybridized carbons (Fsp3) is 0.556. The van der Waals surface area contributed by atoms with E-state index in [1.165, 1.54) is 7.11 Å². The highest BCUT2D eigenvalue weighted by atomic mass is 32.1. The Hall–Kier alpha value is -3.06. The molecule has 214 valence electrons. The van der Waals surface area contributed by atoms with Gasteiger partial charge in [-0.15, -0.1) is 0 Å². The van der Waals surface area contributed by atoms with Gasteiger partial charge in [0.2, 0.25) is 0 Å². The van der Waals surface area contributed by atoms with Crippen LogP contribution in [0.5, 0.6) is 0 Å². The van der Waals surface area contributed by atoms with Crippen molar-refractivity contribution in [2.45, 2.75) is 58.7 Å². The Morgan fingerprint density at radius 2 is 1.92 bits per heavy atom. The lowest BCUT2D eigenvalue weighted by Crippen LogP contribution is -2.51. The molecule has 0 bridgehead atoms. The molecule has 0 aliphatic carbocycles. The van der Waals surface area contributed by atoms with Gasteiger partial charge in [-0.1, -0.05) is 0 Å². The second-order valence-corrected chi connectivity index (χ2v) is 10.9. The maximum atomic E-state index is 12.9. The van der Waals surface area contributed by atoms with E-state index in [1.807, 2.05) is 23.3 Å². The second-order valence-electron chi connectivity index (χ2n) is 10.2. The van der Waals surface area contributed by atoms with Crippen LogP contribution >= 0.6 is 11.3 Å². The normalized spacial score (nSPS) is 15.2. The van der Waals surface area contributed by atoms with E-state index in [4.69, 9.17) is 4.84 Å². The van der Waals surface area contributed by atoms with Crippen molar-refractivity contribution >= 4 is 29.2 Å². The number of carbonyl (C=O) groups is 3. The molecular weight excluding hydrogens is 518 g/mol. The Labute approximate surface area is 234 Å². The predicted octanol–water partition coefficient (Wildman–Crippen LogP) is 2.71. The zero-order valence-corrected chi connectivity index (χ0v) is 24.6. The van der Waals surface area contributed by atoms with Gasteiger partial charge in [0.15, 0.2) is 0 Å². The van der Waals surface area contributed by atoms with Crippen LogP contribution in [0.25, 0.3) is 0 Å².